The number of hydrogen-bond donors (Lipinski definition) is 0. The van der Waals surface area contributed by atoms with Gasteiger partial charge in [-0.1, -0.05) is 30.5 Å². The van der Waals surface area contributed by atoms with Crippen molar-refractivity contribution in [1.29, 1.82) is 0 Å². The highest BCUT2D eigenvalue weighted by Gasteiger charge is 2.15. The number of allylic oxidation sites excluding steroid dienone is 1. The molecule has 0 spiro atoms. The van der Waals surface area contributed by atoms with E-state index in [0.29, 0.717) is 15.4 Å². The highest BCUT2D eigenvalue weighted by molar-refractivity contribution is 7.91. The first-order valence-corrected chi connectivity index (χ1v) is 4.85. The minimum atomic E-state index is 0.598. The van der Waals surface area contributed by atoms with Gasteiger partial charge in [0.25, 0.3) is 0 Å². The first-order valence-electron chi connectivity index (χ1n) is 4.03. The Labute approximate surface area is 92.4 Å². The van der Waals surface area contributed by atoms with E-state index in [0.717, 1.165) is 5.69 Å². The molecule has 1 aliphatic heterocycles. The topological polar surface area (TPSA) is 25.2 Å². The van der Waals surface area contributed by atoms with Crippen molar-refractivity contribution < 1.29 is 0 Å². The van der Waals surface area contributed by atoms with Gasteiger partial charge in [0.2, 0.25) is 0 Å². The second kappa shape index (κ2) is 3.86. The first kappa shape index (κ1) is 9.30. The minimum Gasteiger partial charge on any atom is -0.255 e. The number of pyridine rings is 1. The summed E-state index contributed by atoms with van der Waals surface area (Å²) >= 11 is 10.2. The molecule has 0 radical (unpaired) electrons. The van der Waals surface area contributed by atoms with Crippen LogP contribution in [0.2, 0.25) is 0 Å². The summed E-state index contributed by atoms with van der Waals surface area (Å²) in [6.45, 7) is 0. The van der Waals surface area contributed by atoms with E-state index in [4.69, 9.17) is 24.4 Å². The van der Waals surface area contributed by atoms with Crippen molar-refractivity contribution in [3.63, 3.8) is 0 Å². The molecule has 0 saturated carbocycles. The first-order chi connectivity index (χ1) is 6.79. The Morgan fingerprint density at radius 1 is 1.14 bits per heavy atom. The fraction of sp³-hybridized carbons (Fsp3) is 0. The van der Waals surface area contributed by atoms with Gasteiger partial charge in [-0.25, -0.2) is 0 Å². The molecule has 0 aliphatic carbocycles. The lowest BCUT2D eigenvalue weighted by Crippen LogP contribution is -2.23. The molecule has 0 unspecified atom stereocenters. The highest BCUT2D eigenvalue weighted by Crippen LogP contribution is 2.06. The predicted molar refractivity (Wildman–Crippen MR) is 65.1 cm³/mol. The van der Waals surface area contributed by atoms with Crippen LogP contribution in [-0.2, 0) is 0 Å². The van der Waals surface area contributed by atoms with E-state index in [1.807, 2.05) is 18.2 Å². The summed E-state index contributed by atoms with van der Waals surface area (Å²) in [5.74, 6) is 0. The molecule has 2 nitrogen and oxygen atoms in total. The molecular weight excluding hydrogens is 212 g/mol. The minimum absolute atomic E-state index is 0.598. The molecule has 0 aromatic carbocycles. The molecule has 1 aliphatic rings. The zero-order chi connectivity index (χ0) is 9.97. The Kier molecular flexibility index (Phi) is 2.56. The van der Waals surface area contributed by atoms with Crippen LogP contribution in [0.5, 0.6) is 0 Å². The molecule has 2 heterocycles. The Bertz CT molecular complexity index is 446. The van der Waals surface area contributed by atoms with E-state index in [1.165, 1.54) is 0 Å². The number of aromatic nitrogens is 1. The third kappa shape index (κ3) is 1.66. The van der Waals surface area contributed by atoms with Crippen LogP contribution in [0.1, 0.15) is 5.69 Å². The number of thiocarbonyl (C=S) groups is 2. The average molecular weight is 218 g/mol. The summed E-state index contributed by atoms with van der Waals surface area (Å²) in [5, 5.41) is 0. The maximum atomic E-state index is 5.17. The van der Waals surface area contributed by atoms with Gasteiger partial charge in [0.1, 0.15) is 5.71 Å². The zero-order valence-corrected chi connectivity index (χ0v) is 8.81. The summed E-state index contributed by atoms with van der Waals surface area (Å²) in [6.07, 6.45) is 5.09. The molecule has 4 heteroatoms. The Balaban J connectivity index is 2.45. The van der Waals surface area contributed by atoms with E-state index in [-0.39, 0.29) is 0 Å². The molecule has 1 aromatic heterocycles. The highest BCUT2D eigenvalue weighted by atomic mass is 32.1. The lowest BCUT2D eigenvalue weighted by atomic mass is 10.1. The van der Waals surface area contributed by atoms with E-state index >= 15 is 0 Å². The molecule has 0 atom stereocenters. The van der Waals surface area contributed by atoms with Crippen LogP contribution in [0.25, 0.3) is 0 Å². The van der Waals surface area contributed by atoms with Crippen LogP contribution < -0.4 is 0 Å². The summed E-state index contributed by atoms with van der Waals surface area (Å²) in [4.78, 5) is 9.60. The molecule has 2 rings (SSSR count). The fourth-order valence-electron chi connectivity index (χ4n) is 1.12. The second-order valence-electron chi connectivity index (χ2n) is 2.70. The standard InChI is InChI=1S/C10H6N2S2/c13-8-4-6-12-9(10(8)14)7-3-1-2-5-11-7/h1-6H. The van der Waals surface area contributed by atoms with E-state index in [1.54, 1.807) is 18.5 Å². The van der Waals surface area contributed by atoms with E-state index in [2.05, 4.69) is 9.98 Å². The van der Waals surface area contributed by atoms with Crippen LogP contribution in [-0.4, -0.2) is 20.4 Å². The lowest BCUT2D eigenvalue weighted by molar-refractivity contribution is 1.29. The average Bonchev–Trinajstić information content (AvgIpc) is 2.23. The van der Waals surface area contributed by atoms with Gasteiger partial charge in [-0.05, 0) is 18.2 Å². The normalized spacial score (nSPS) is 15.6. The van der Waals surface area contributed by atoms with Crippen molar-refractivity contribution in [2.75, 3.05) is 0 Å². The monoisotopic (exact) mass is 218 g/mol. The lowest BCUT2D eigenvalue weighted by Gasteiger charge is -2.08. The third-order valence-electron chi connectivity index (χ3n) is 1.78. The molecule has 0 fully saturated rings. The Hall–Kier alpha value is -1.26. The van der Waals surface area contributed by atoms with E-state index < -0.39 is 0 Å². The number of hydrogen-bond acceptors (Lipinski definition) is 4. The molecular formula is C10H6N2S2. The molecule has 0 N–H and O–H groups in total. The van der Waals surface area contributed by atoms with Crippen molar-refractivity contribution >= 4 is 39.9 Å². The van der Waals surface area contributed by atoms with Gasteiger partial charge in [-0.15, -0.1) is 0 Å². The van der Waals surface area contributed by atoms with Crippen LogP contribution >= 0.6 is 24.4 Å². The van der Waals surface area contributed by atoms with Crippen molar-refractivity contribution in [2.45, 2.75) is 0 Å². The zero-order valence-electron chi connectivity index (χ0n) is 7.18. The van der Waals surface area contributed by atoms with Gasteiger partial charge < -0.3 is 0 Å². The third-order valence-corrected chi connectivity index (χ3v) is 2.66. The summed E-state index contributed by atoms with van der Waals surface area (Å²) in [5.41, 5.74) is 1.46. The SMILES string of the molecule is S=C1C=CN=C(c2ccccn2)C1=S. The van der Waals surface area contributed by atoms with Gasteiger partial charge in [-0.2, -0.15) is 0 Å². The van der Waals surface area contributed by atoms with Crippen molar-refractivity contribution in [3.8, 4) is 0 Å². The molecule has 0 saturated heterocycles. The maximum Gasteiger partial charge on any atom is 0.108 e. The number of nitrogens with zero attached hydrogens (tertiary/aromatic N) is 2. The largest absolute Gasteiger partial charge is 0.255 e. The van der Waals surface area contributed by atoms with Gasteiger partial charge in [0, 0.05) is 12.4 Å². The number of aliphatic imine (C=N–C) groups is 1. The molecule has 1 aromatic rings. The summed E-state index contributed by atoms with van der Waals surface area (Å²) in [6, 6.07) is 5.62. The van der Waals surface area contributed by atoms with Gasteiger partial charge in [0.05, 0.1) is 15.4 Å². The Morgan fingerprint density at radius 2 is 2.00 bits per heavy atom. The van der Waals surface area contributed by atoms with Crippen molar-refractivity contribution in [1.82, 2.24) is 4.98 Å². The van der Waals surface area contributed by atoms with Crippen LogP contribution in [0.15, 0.2) is 41.7 Å². The van der Waals surface area contributed by atoms with Gasteiger partial charge in [-0.3, -0.25) is 9.98 Å². The molecule has 0 bridgehead atoms. The van der Waals surface area contributed by atoms with Gasteiger partial charge >= 0.3 is 0 Å². The maximum absolute atomic E-state index is 5.17. The Morgan fingerprint density at radius 3 is 2.71 bits per heavy atom. The van der Waals surface area contributed by atoms with Crippen LogP contribution in [0, 0.1) is 0 Å². The smallest absolute Gasteiger partial charge is 0.108 e. The molecule has 68 valence electrons. The predicted octanol–water partition coefficient (Wildman–Crippen LogP) is 2.14. The second-order valence-corrected chi connectivity index (χ2v) is 3.55. The van der Waals surface area contributed by atoms with E-state index in [9.17, 15) is 0 Å². The van der Waals surface area contributed by atoms with Crippen LogP contribution in [0.3, 0.4) is 0 Å². The van der Waals surface area contributed by atoms with Crippen LogP contribution in [0.4, 0.5) is 0 Å². The van der Waals surface area contributed by atoms with Crippen molar-refractivity contribution in [2.24, 2.45) is 4.99 Å². The quantitative estimate of drug-likeness (QED) is 0.675. The van der Waals surface area contributed by atoms with Gasteiger partial charge in [0.15, 0.2) is 0 Å². The molecule has 0 amide bonds. The number of rotatable bonds is 1. The summed E-state index contributed by atoms with van der Waals surface area (Å²) in [7, 11) is 0. The summed E-state index contributed by atoms with van der Waals surface area (Å²) < 4.78 is 0. The van der Waals surface area contributed by atoms with Crippen molar-refractivity contribution in [3.05, 3.63) is 42.4 Å². The fourth-order valence-corrected chi connectivity index (χ4v) is 1.50. The molecule has 14 heavy (non-hydrogen) atoms.